The van der Waals surface area contributed by atoms with Crippen LogP contribution in [-0.4, -0.2) is 38.0 Å². The topological polar surface area (TPSA) is 112 Å². The second kappa shape index (κ2) is 5.14. The molecular formula is C12H9N3O4S. The fourth-order valence-electron chi connectivity index (χ4n) is 1.64. The van der Waals surface area contributed by atoms with Crippen LogP contribution in [0.15, 0.2) is 0 Å². The Morgan fingerprint density at radius 3 is 2.80 bits per heavy atom. The Bertz CT molecular complexity index is 760. The highest BCUT2D eigenvalue weighted by Crippen LogP contribution is 2.34. The molecule has 7 nitrogen and oxygen atoms in total. The normalized spacial score (nSPS) is 10.2. The molecule has 2 heterocycles. The second-order valence-corrected chi connectivity index (χ2v) is 4.62. The fourth-order valence-corrected chi connectivity index (χ4v) is 2.49. The Hall–Kier alpha value is -2.66. The molecule has 1 amide bonds. The Morgan fingerprint density at radius 2 is 2.20 bits per heavy atom. The minimum atomic E-state index is -1.20. The second-order valence-electron chi connectivity index (χ2n) is 3.85. The number of amides is 1. The Labute approximate surface area is 117 Å². The lowest BCUT2D eigenvalue weighted by Gasteiger charge is -2.06. The first-order chi connectivity index (χ1) is 9.45. The van der Waals surface area contributed by atoms with Crippen LogP contribution in [0.5, 0.6) is 5.75 Å². The molecule has 2 aromatic rings. The van der Waals surface area contributed by atoms with Gasteiger partial charge in [-0.05, 0) is 24.4 Å². The van der Waals surface area contributed by atoms with E-state index in [1.54, 1.807) is 6.92 Å². The zero-order valence-electron chi connectivity index (χ0n) is 10.3. The molecule has 0 radical (unpaired) electrons. The minimum Gasteiger partial charge on any atom is -0.505 e. The van der Waals surface area contributed by atoms with E-state index in [2.05, 4.69) is 20.6 Å². The number of carboxylic acids is 1. The van der Waals surface area contributed by atoms with E-state index in [0.29, 0.717) is 15.8 Å². The zero-order chi connectivity index (χ0) is 14.9. The molecule has 0 unspecified atom stereocenters. The van der Waals surface area contributed by atoms with Crippen LogP contribution >= 0.6 is 11.5 Å². The predicted octanol–water partition coefficient (Wildman–Crippen LogP) is 0.501. The van der Waals surface area contributed by atoms with E-state index in [9.17, 15) is 14.7 Å². The number of pyridine rings is 1. The molecule has 0 saturated heterocycles. The zero-order valence-corrected chi connectivity index (χ0v) is 11.1. The largest absolute Gasteiger partial charge is 0.505 e. The summed E-state index contributed by atoms with van der Waals surface area (Å²) in [6, 6.07) is 0. The van der Waals surface area contributed by atoms with E-state index in [1.807, 2.05) is 0 Å². The third kappa shape index (κ3) is 2.26. The number of fused-ring (bicyclic) bond motifs is 1. The van der Waals surface area contributed by atoms with Gasteiger partial charge in [0.1, 0.15) is 12.2 Å². The van der Waals surface area contributed by atoms with Crippen LogP contribution in [0.4, 0.5) is 0 Å². The number of nitrogens with zero attached hydrogens (tertiary/aromatic N) is 2. The van der Waals surface area contributed by atoms with Gasteiger partial charge in [-0.3, -0.25) is 9.59 Å². The van der Waals surface area contributed by atoms with E-state index in [4.69, 9.17) is 11.5 Å². The van der Waals surface area contributed by atoms with Gasteiger partial charge in [-0.1, -0.05) is 0 Å². The molecular weight excluding hydrogens is 282 g/mol. The number of rotatable bonds is 3. The molecule has 2 rings (SSSR count). The van der Waals surface area contributed by atoms with Gasteiger partial charge in [0.25, 0.3) is 5.91 Å². The van der Waals surface area contributed by atoms with Crippen LogP contribution in [-0.2, 0) is 4.79 Å². The number of hydrogen-bond acceptors (Lipinski definition) is 6. The molecule has 8 heteroatoms. The maximum absolute atomic E-state index is 11.8. The fraction of sp³-hybridized carbons (Fsp3) is 0.167. The summed E-state index contributed by atoms with van der Waals surface area (Å²) in [4.78, 5) is 26.2. The SMILES string of the molecule is C#Cc1nc(C(=O)NCC(=O)O)c(O)c2c(C)nsc12. The summed E-state index contributed by atoms with van der Waals surface area (Å²) >= 11 is 1.08. The van der Waals surface area contributed by atoms with Crippen molar-refractivity contribution >= 4 is 33.5 Å². The van der Waals surface area contributed by atoms with Crippen LogP contribution < -0.4 is 5.32 Å². The van der Waals surface area contributed by atoms with Gasteiger partial charge in [0.05, 0.1) is 15.8 Å². The number of carbonyl (C=O) groups excluding carboxylic acids is 1. The van der Waals surface area contributed by atoms with E-state index < -0.39 is 18.4 Å². The Balaban J connectivity index is 2.57. The molecule has 0 aliphatic rings. The number of aryl methyl sites for hydroxylation is 1. The average Bonchev–Trinajstić information content (AvgIpc) is 2.79. The Kier molecular flexibility index (Phi) is 3.54. The van der Waals surface area contributed by atoms with Gasteiger partial charge in [-0.15, -0.1) is 6.42 Å². The van der Waals surface area contributed by atoms with Gasteiger partial charge in [0.15, 0.2) is 11.4 Å². The number of nitrogens with one attached hydrogen (secondary N) is 1. The summed E-state index contributed by atoms with van der Waals surface area (Å²) in [7, 11) is 0. The van der Waals surface area contributed by atoms with Gasteiger partial charge in [0, 0.05) is 0 Å². The quantitative estimate of drug-likeness (QED) is 0.710. The van der Waals surface area contributed by atoms with Crippen molar-refractivity contribution in [1.29, 1.82) is 0 Å². The standard InChI is InChI=1S/C12H9N3O4S/c1-3-6-11-8(5(2)15-20-11)10(18)9(14-6)12(19)13-4-7(16)17/h1,18H,4H2,2H3,(H,13,19)(H,16,17). The summed E-state index contributed by atoms with van der Waals surface area (Å²) in [6.45, 7) is 1.09. The highest BCUT2D eigenvalue weighted by molar-refractivity contribution is 7.13. The van der Waals surface area contributed by atoms with Crippen molar-refractivity contribution < 1.29 is 19.8 Å². The molecule has 0 saturated carbocycles. The average molecular weight is 291 g/mol. The lowest BCUT2D eigenvalue weighted by molar-refractivity contribution is -0.135. The van der Waals surface area contributed by atoms with Crippen molar-refractivity contribution in [2.75, 3.05) is 6.54 Å². The molecule has 0 spiro atoms. The lowest BCUT2D eigenvalue weighted by atomic mass is 10.1. The summed E-state index contributed by atoms with van der Waals surface area (Å²) in [5.74, 6) is -0.0464. The van der Waals surface area contributed by atoms with E-state index in [1.165, 1.54) is 0 Å². The first-order valence-electron chi connectivity index (χ1n) is 5.41. The molecule has 20 heavy (non-hydrogen) atoms. The number of hydrogen-bond donors (Lipinski definition) is 3. The molecule has 0 fully saturated rings. The molecule has 2 aromatic heterocycles. The molecule has 0 aromatic carbocycles. The van der Waals surface area contributed by atoms with Gasteiger partial charge in [-0.2, -0.15) is 4.37 Å². The van der Waals surface area contributed by atoms with Crippen LogP contribution in [0, 0.1) is 19.3 Å². The first-order valence-corrected chi connectivity index (χ1v) is 6.18. The van der Waals surface area contributed by atoms with Crippen LogP contribution in [0.2, 0.25) is 0 Å². The van der Waals surface area contributed by atoms with Gasteiger partial charge in [0.2, 0.25) is 0 Å². The van der Waals surface area contributed by atoms with E-state index >= 15 is 0 Å². The highest BCUT2D eigenvalue weighted by atomic mass is 32.1. The van der Waals surface area contributed by atoms with Crippen LogP contribution in [0.25, 0.3) is 10.1 Å². The van der Waals surface area contributed by atoms with Crippen LogP contribution in [0.3, 0.4) is 0 Å². The van der Waals surface area contributed by atoms with Crippen molar-refractivity contribution in [3.63, 3.8) is 0 Å². The third-order valence-electron chi connectivity index (χ3n) is 2.51. The number of aliphatic carboxylic acids is 1. The number of aromatic hydroxyl groups is 1. The number of carbonyl (C=O) groups is 2. The Morgan fingerprint density at radius 1 is 1.50 bits per heavy atom. The summed E-state index contributed by atoms with van der Waals surface area (Å²) < 4.78 is 4.57. The van der Waals surface area contributed by atoms with E-state index in [-0.39, 0.29) is 17.1 Å². The first kappa shape index (κ1) is 13.8. The predicted molar refractivity (Wildman–Crippen MR) is 71.7 cm³/mol. The number of carboxylic acid groups (broad SMARTS) is 1. The van der Waals surface area contributed by atoms with Crippen molar-refractivity contribution in [2.45, 2.75) is 6.92 Å². The van der Waals surface area contributed by atoms with Gasteiger partial charge < -0.3 is 15.5 Å². The smallest absolute Gasteiger partial charge is 0.322 e. The van der Waals surface area contributed by atoms with Crippen molar-refractivity contribution in [3.05, 3.63) is 17.1 Å². The number of terminal acetylenes is 1. The summed E-state index contributed by atoms with van der Waals surface area (Å²) in [5, 5.41) is 21.1. The van der Waals surface area contributed by atoms with Gasteiger partial charge in [-0.25, -0.2) is 4.98 Å². The molecule has 0 aliphatic carbocycles. The van der Waals surface area contributed by atoms with E-state index in [0.717, 1.165) is 11.5 Å². The van der Waals surface area contributed by atoms with Crippen molar-refractivity contribution in [3.8, 4) is 18.1 Å². The molecule has 102 valence electrons. The molecule has 0 atom stereocenters. The molecule has 0 bridgehead atoms. The third-order valence-corrected chi connectivity index (χ3v) is 3.46. The van der Waals surface area contributed by atoms with Crippen LogP contribution in [0.1, 0.15) is 21.9 Å². The monoisotopic (exact) mass is 291 g/mol. The summed E-state index contributed by atoms with van der Waals surface area (Å²) in [6.07, 6.45) is 5.33. The minimum absolute atomic E-state index is 0.184. The molecule has 0 aliphatic heterocycles. The van der Waals surface area contributed by atoms with Gasteiger partial charge >= 0.3 is 5.97 Å². The lowest BCUT2D eigenvalue weighted by Crippen LogP contribution is -2.30. The molecule has 3 N–H and O–H groups in total. The highest BCUT2D eigenvalue weighted by Gasteiger charge is 2.21. The number of aromatic nitrogens is 2. The maximum atomic E-state index is 11.8. The van der Waals surface area contributed by atoms with Crippen molar-refractivity contribution in [2.24, 2.45) is 0 Å². The van der Waals surface area contributed by atoms with Crippen molar-refractivity contribution in [1.82, 2.24) is 14.7 Å². The summed E-state index contributed by atoms with van der Waals surface area (Å²) in [5.41, 5.74) is 0.396. The maximum Gasteiger partial charge on any atom is 0.322 e.